The molecule has 1 N–H and O–H groups in total. The van der Waals surface area contributed by atoms with Gasteiger partial charge in [0.2, 0.25) is 0 Å². The average Bonchev–Trinajstić information content (AvgIpc) is 2.97. The van der Waals surface area contributed by atoms with E-state index in [-0.39, 0.29) is 6.54 Å². The zero-order chi connectivity index (χ0) is 10.8. The topological polar surface area (TPSA) is 53.4 Å². The Balaban J connectivity index is 2.19. The second kappa shape index (κ2) is 3.88. The van der Waals surface area contributed by atoms with Gasteiger partial charge in [-0.3, -0.25) is 4.79 Å². The summed E-state index contributed by atoms with van der Waals surface area (Å²) in [6, 6.07) is 6.06. The Morgan fingerprint density at radius 1 is 1.60 bits per heavy atom. The van der Waals surface area contributed by atoms with Crippen molar-refractivity contribution in [3.05, 3.63) is 23.9 Å². The van der Waals surface area contributed by atoms with Crippen LogP contribution in [0.2, 0.25) is 0 Å². The molecule has 4 nitrogen and oxygen atoms in total. The maximum absolute atomic E-state index is 10.7. The predicted octanol–water partition coefficient (Wildman–Crippen LogP) is 1.44. The van der Waals surface area contributed by atoms with Gasteiger partial charge in [0.15, 0.2) is 0 Å². The van der Waals surface area contributed by atoms with Crippen molar-refractivity contribution in [3.63, 3.8) is 0 Å². The summed E-state index contributed by atoms with van der Waals surface area (Å²) in [5, 5.41) is 8.82. The third kappa shape index (κ3) is 2.46. The van der Waals surface area contributed by atoms with Gasteiger partial charge in [-0.05, 0) is 31.9 Å². The van der Waals surface area contributed by atoms with Crippen molar-refractivity contribution >= 4 is 11.8 Å². The maximum atomic E-state index is 10.7. The summed E-state index contributed by atoms with van der Waals surface area (Å²) in [6.07, 6.45) is 2.14. The van der Waals surface area contributed by atoms with E-state index in [0.717, 1.165) is 24.4 Å². The number of aliphatic carboxylic acids is 1. The number of rotatable bonds is 4. The van der Waals surface area contributed by atoms with Crippen molar-refractivity contribution in [3.8, 4) is 0 Å². The standard InChI is InChI=1S/C11H14N2O2/c1-8-3-2-4-10(12-8)13(7-11(14)15)9-5-6-9/h2-4,9H,5-7H2,1H3,(H,14,15). The number of carbonyl (C=O) groups is 1. The third-order valence-corrected chi connectivity index (χ3v) is 2.46. The number of nitrogens with zero attached hydrogens (tertiary/aromatic N) is 2. The van der Waals surface area contributed by atoms with Gasteiger partial charge in [-0.2, -0.15) is 0 Å². The minimum atomic E-state index is -0.801. The van der Waals surface area contributed by atoms with E-state index in [1.807, 2.05) is 30.0 Å². The number of hydrogen-bond donors (Lipinski definition) is 1. The van der Waals surface area contributed by atoms with E-state index in [1.165, 1.54) is 0 Å². The van der Waals surface area contributed by atoms with Crippen LogP contribution in [0.25, 0.3) is 0 Å². The van der Waals surface area contributed by atoms with Gasteiger partial charge in [-0.15, -0.1) is 0 Å². The highest BCUT2D eigenvalue weighted by Crippen LogP contribution is 2.30. The number of aryl methyl sites for hydroxylation is 1. The van der Waals surface area contributed by atoms with Gasteiger partial charge in [-0.1, -0.05) is 6.07 Å². The molecule has 4 heteroatoms. The van der Waals surface area contributed by atoms with Crippen molar-refractivity contribution in [2.24, 2.45) is 0 Å². The van der Waals surface area contributed by atoms with Gasteiger partial charge in [0.25, 0.3) is 0 Å². The van der Waals surface area contributed by atoms with Crippen LogP contribution in [0.15, 0.2) is 18.2 Å². The smallest absolute Gasteiger partial charge is 0.323 e. The fraction of sp³-hybridized carbons (Fsp3) is 0.455. The molecule has 80 valence electrons. The molecule has 0 spiro atoms. The summed E-state index contributed by atoms with van der Waals surface area (Å²) in [6.45, 7) is 1.95. The van der Waals surface area contributed by atoms with Gasteiger partial charge >= 0.3 is 5.97 Å². The van der Waals surface area contributed by atoms with Crippen molar-refractivity contribution in [1.29, 1.82) is 0 Å². The molecule has 15 heavy (non-hydrogen) atoms. The lowest BCUT2D eigenvalue weighted by Crippen LogP contribution is -2.32. The summed E-state index contributed by atoms with van der Waals surface area (Å²) in [4.78, 5) is 17.0. The lowest BCUT2D eigenvalue weighted by Gasteiger charge is -2.21. The molecular formula is C11H14N2O2. The van der Waals surface area contributed by atoms with Crippen molar-refractivity contribution in [2.45, 2.75) is 25.8 Å². The average molecular weight is 206 g/mol. The van der Waals surface area contributed by atoms with Gasteiger partial charge in [-0.25, -0.2) is 4.98 Å². The summed E-state index contributed by atoms with van der Waals surface area (Å²) in [5.74, 6) is -0.0230. The van der Waals surface area contributed by atoms with E-state index in [4.69, 9.17) is 5.11 Å². The van der Waals surface area contributed by atoms with Crippen LogP contribution in [0, 0.1) is 6.92 Å². The van der Waals surface area contributed by atoms with Crippen LogP contribution in [0.1, 0.15) is 18.5 Å². The zero-order valence-electron chi connectivity index (χ0n) is 8.68. The van der Waals surface area contributed by atoms with E-state index in [9.17, 15) is 4.79 Å². The number of carboxylic acid groups (broad SMARTS) is 1. The molecule has 1 aromatic rings. The van der Waals surface area contributed by atoms with Gasteiger partial charge in [0, 0.05) is 11.7 Å². The first kappa shape index (κ1) is 9.96. The van der Waals surface area contributed by atoms with Crippen molar-refractivity contribution in [1.82, 2.24) is 4.98 Å². The number of pyridine rings is 1. The van der Waals surface area contributed by atoms with Crippen LogP contribution in [0.3, 0.4) is 0 Å². The Hall–Kier alpha value is -1.58. The van der Waals surface area contributed by atoms with Crippen molar-refractivity contribution in [2.75, 3.05) is 11.4 Å². The minimum Gasteiger partial charge on any atom is -0.480 e. The van der Waals surface area contributed by atoms with Gasteiger partial charge < -0.3 is 10.0 Å². The molecule has 1 aromatic heterocycles. The first-order valence-electron chi connectivity index (χ1n) is 5.09. The minimum absolute atomic E-state index is 0.0428. The van der Waals surface area contributed by atoms with E-state index in [1.54, 1.807) is 0 Å². The molecule has 0 atom stereocenters. The Bertz CT molecular complexity index is 375. The Kier molecular flexibility index (Phi) is 2.58. The Morgan fingerprint density at radius 2 is 2.33 bits per heavy atom. The highest BCUT2D eigenvalue weighted by molar-refractivity contribution is 5.73. The van der Waals surface area contributed by atoms with Crippen LogP contribution >= 0.6 is 0 Å². The van der Waals surface area contributed by atoms with Crippen molar-refractivity contribution < 1.29 is 9.90 Å². The Labute approximate surface area is 88.6 Å². The first-order chi connectivity index (χ1) is 7.16. The maximum Gasteiger partial charge on any atom is 0.323 e. The number of anilines is 1. The fourth-order valence-electron chi connectivity index (χ4n) is 1.62. The van der Waals surface area contributed by atoms with Crippen LogP contribution in [-0.4, -0.2) is 28.6 Å². The zero-order valence-corrected chi connectivity index (χ0v) is 8.68. The molecule has 0 aliphatic heterocycles. The van der Waals surface area contributed by atoms with Gasteiger partial charge in [0.05, 0.1) is 0 Å². The summed E-state index contributed by atoms with van der Waals surface area (Å²) in [7, 11) is 0. The van der Waals surface area contributed by atoms with Crippen LogP contribution < -0.4 is 4.90 Å². The molecule has 2 rings (SSSR count). The molecule has 0 saturated heterocycles. The second-order valence-electron chi connectivity index (χ2n) is 3.89. The molecule has 1 fully saturated rings. The van der Waals surface area contributed by atoms with E-state index in [2.05, 4.69) is 4.98 Å². The SMILES string of the molecule is Cc1cccc(N(CC(=O)O)C2CC2)n1. The normalized spacial score (nSPS) is 15.0. The van der Waals surface area contributed by atoms with Crippen LogP contribution in [-0.2, 0) is 4.79 Å². The lowest BCUT2D eigenvalue weighted by molar-refractivity contribution is -0.135. The number of carboxylic acids is 1. The molecule has 0 aromatic carbocycles. The molecule has 0 bridgehead atoms. The molecule has 0 unspecified atom stereocenters. The quantitative estimate of drug-likeness (QED) is 0.810. The van der Waals surface area contributed by atoms with Crippen LogP contribution in [0.4, 0.5) is 5.82 Å². The van der Waals surface area contributed by atoms with Crippen LogP contribution in [0.5, 0.6) is 0 Å². The molecular weight excluding hydrogens is 192 g/mol. The largest absolute Gasteiger partial charge is 0.480 e. The van der Waals surface area contributed by atoms with E-state index >= 15 is 0 Å². The summed E-state index contributed by atoms with van der Waals surface area (Å²) >= 11 is 0. The lowest BCUT2D eigenvalue weighted by atomic mass is 10.3. The summed E-state index contributed by atoms with van der Waals surface area (Å²) < 4.78 is 0. The molecule has 0 amide bonds. The highest BCUT2D eigenvalue weighted by Gasteiger charge is 2.31. The molecule has 1 aliphatic carbocycles. The second-order valence-corrected chi connectivity index (χ2v) is 3.89. The molecule has 0 radical (unpaired) electrons. The monoisotopic (exact) mass is 206 g/mol. The first-order valence-corrected chi connectivity index (χ1v) is 5.09. The predicted molar refractivity (Wildman–Crippen MR) is 57.0 cm³/mol. The van der Waals surface area contributed by atoms with E-state index in [0.29, 0.717) is 6.04 Å². The highest BCUT2D eigenvalue weighted by atomic mass is 16.4. The third-order valence-electron chi connectivity index (χ3n) is 2.46. The number of aromatic nitrogens is 1. The molecule has 1 saturated carbocycles. The summed E-state index contributed by atoms with van der Waals surface area (Å²) in [5.41, 5.74) is 0.920. The molecule has 1 aliphatic rings. The fourth-order valence-corrected chi connectivity index (χ4v) is 1.62. The van der Waals surface area contributed by atoms with E-state index < -0.39 is 5.97 Å². The number of hydrogen-bond acceptors (Lipinski definition) is 3. The van der Waals surface area contributed by atoms with Gasteiger partial charge in [0.1, 0.15) is 12.4 Å². The molecule has 1 heterocycles. The Morgan fingerprint density at radius 3 is 2.87 bits per heavy atom.